The predicted octanol–water partition coefficient (Wildman–Crippen LogP) is 4.05. The molecular weight excluding hydrogens is 374 g/mol. The normalized spacial score (nSPS) is 11.6. The van der Waals surface area contributed by atoms with E-state index in [2.05, 4.69) is 46.6 Å². The van der Waals surface area contributed by atoms with Crippen LogP contribution in [0.2, 0.25) is 0 Å². The van der Waals surface area contributed by atoms with E-state index in [0.29, 0.717) is 6.54 Å². The molecule has 0 aliphatic carbocycles. The minimum Gasteiger partial charge on any atom is -0.356 e. The van der Waals surface area contributed by atoms with Crippen LogP contribution in [-0.2, 0) is 19.4 Å². The van der Waals surface area contributed by atoms with E-state index in [1.165, 1.54) is 14.8 Å². The number of aryl methyl sites for hydroxylation is 2. The van der Waals surface area contributed by atoms with Crippen molar-refractivity contribution in [2.24, 2.45) is 4.99 Å². The quantitative estimate of drug-likeness (QED) is 0.465. The summed E-state index contributed by atoms with van der Waals surface area (Å²) in [5, 5.41) is 8.98. The number of nitrogens with zero attached hydrogens (tertiary/aromatic N) is 3. The van der Waals surface area contributed by atoms with Crippen molar-refractivity contribution in [1.82, 2.24) is 20.6 Å². The van der Waals surface area contributed by atoms with Gasteiger partial charge in [-0.3, -0.25) is 4.99 Å². The molecule has 0 amide bonds. The van der Waals surface area contributed by atoms with E-state index in [0.717, 1.165) is 41.6 Å². The molecule has 5 nitrogen and oxygen atoms in total. The van der Waals surface area contributed by atoms with E-state index in [4.69, 9.17) is 4.98 Å². The molecule has 2 N–H and O–H groups in total. The van der Waals surface area contributed by atoms with Crippen LogP contribution in [0.1, 0.15) is 27.4 Å². The lowest BCUT2D eigenvalue weighted by Gasteiger charge is -2.10. The van der Waals surface area contributed by atoms with E-state index in [9.17, 15) is 0 Å². The molecule has 0 saturated carbocycles. The minimum absolute atomic E-state index is 0.716. The third kappa shape index (κ3) is 5.37. The highest BCUT2D eigenvalue weighted by molar-refractivity contribution is 7.15. The summed E-state index contributed by atoms with van der Waals surface area (Å²) >= 11 is 3.51. The first-order valence-electron chi connectivity index (χ1n) is 9.09. The van der Waals surface area contributed by atoms with Crippen LogP contribution >= 0.6 is 22.7 Å². The lowest BCUT2D eigenvalue weighted by atomic mass is 10.2. The number of aromatic nitrogens is 2. The highest BCUT2D eigenvalue weighted by Crippen LogP contribution is 2.27. The fraction of sp³-hybridized carbons (Fsp3) is 0.350. The summed E-state index contributed by atoms with van der Waals surface area (Å²) in [6.07, 6.45) is 3.93. The van der Waals surface area contributed by atoms with Gasteiger partial charge in [0.05, 0.1) is 17.2 Å². The molecule has 7 heteroatoms. The topological polar surface area (TPSA) is 62.2 Å². The third-order valence-electron chi connectivity index (χ3n) is 4.13. The molecule has 2 aromatic heterocycles. The van der Waals surface area contributed by atoms with Crippen molar-refractivity contribution in [2.45, 2.75) is 33.2 Å². The monoisotopic (exact) mass is 399 g/mol. The van der Waals surface area contributed by atoms with Gasteiger partial charge in [0.1, 0.15) is 5.01 Å². The molecule has 0 bridgehead atoms. The third-order valence-corrected chi connectivity index (χ3v) is 6.54. The molecule has 3 aromatic rings. The summed E-state index contributed by atoms with van der Waals surface area (Å²) in [5.74, 6) is 0.802. The number of rotatable bonds is 7. The second kappa shape index (κ2) is 9.62. The maximum absolute atomic E-state index is 4.71. The summed E-state index contributed by atoms with van der Waals surface area (Å²) < 4.78 is 0. The minimum atomic E-state index is 0.716. The lowest BCUT2D eigenvalue weighted by molar-refractivity contribution is 0.794. The van der Waals surface area contributed by atoms with Crippen LogP contribution in [0.4, 0.5) is 0 Å². The van der Waals surface area contributed by atoms with E-state index >= 15 is 0 Å². The van der Waals surface area contributed by atoms with Crippen LogP contribution in [0.3, 0.4) is 0 Å². The molecule has 0 unspecified atom stereocenters. The largest absolute Gasteiger partial charge is 0.356 e. The summed E-state index contributed by atoms with van der Waals surface area (Å²) in [7, 11) is 1.79. The van der Waals surface area contributed by atoms with E-state index in [-0.39, 0.29) is 0 Å². The first-order chi connectivity index (χ1) is 13.2. The van der Waals surface area contributed by atoms with Gasteiger partial charge in [0.25, 0.3) is 0 Å². The molecule has 3 rings (SSSR count). The van der Waals surface area contributed by atoms with Gasteiger partial charge in [-0.05, 0) is 13.3 Å². The van der Waals surface area contributed by atoms with Crippen molar-refractivity contribution in [3.8, 4) is 10.6 Å². The molecule has 2 heterocycles. The average Bonchev–Trinajstić information content (AvgIpc) is 3.31. The van der Waals surface area contributed by atoms with Gasteiger partial charge in [-0.2, -0.15) is 0 Å². The van der Waals surface area contributed by atoms with Gasteiger partial charge in [0.2, 0.25) is 0 Å². The Morgan fingerprint density at radius 2 is 1.96 bits per heavy atom. The Hall–Kier alpha value is -2.25. The Balaban J connectivity index is 1.51. The Morgan fingerprint density at radius 3 is 2.67 bits per heavy atom. The van der Waals surface area contributed by atoms with Crippen LogP contribution < -0.4 is 10.6 Å². The van der Waals surface area contributed by atoms with Gasteiger partial charge in [-0.1, -0.05) is 37.3 Å². The molecule has 0 radical (unpaired) electrons. The van der Waals surface area contributed by atoms with E-state index in [1.54, 1.807) is 29.7 Å². The van der Waals surface area contributed by atoms with Crippen LogP contribution in [-0.4, -0.2) is 29.5 Å². The molecular formula is C20H25N5S2. The van der Waals surface area contributed by atoms with Gasteiger partial charge in [-0.15, -0.1) is 22.7 Å². The van der Waals surface area contributed by atoms with Crippen LogP contribution in [0.15, 0.2) is 41.5 Å². The van der Waals surface area contributed by atoms with E-state index < -0.39 is 0 Å². The first kappa shape index (κ1) is 19.5. The molecule has 1 aromatic carbocycles. The Bertz CT molecular complexity index is 883. The van der Waals surface area contributed by atoms with Gasteiger partial charge in [-0.25, -0.2) is 9.97 Å². The Labute approximate surface area is 168 Å². The van der Waals surface area contributed by atoms with Crippen molar-refractivity contribution < 1.29 is 0 Å². The Morgan fingerprint density at radius 1 is 1.15 bits per heavy atom. The van der Waals surface area contributed by atoms with Crippen molar-refractivity contribution in [3.05, 3.63) is 57.0 Å². The zero-order valence-corrected chi connectivity index (χ0v) is 17.6. The number of benzene rings is 1. The number of hydrogen-bond donors (Lipinski definition) is 2. The molecule has 0 atom stereocenters. The zero-order valence-electron chi connectivity index (χ0n) is 16.0. The second-order valence-corrected chi connectivity index (χ2v) is 8.35. The van der Waals surface area contributed by atoms with Gasteiger partial charge in [0.15, 0.2) is 5.96 Å². The van der Waals surface area contributed by atoms with Crippen molar-refractivity contribution in [2.75, 3.05) is 13.6 Å². The molecule has 27 heavy (non-hydrogen) atoms. The molecule has 0 aliphatic rings. The fourth-order valence-corrected chi connectivity index (χ4v) is 4.47. The van der Waals surface area contributed by atoms with Gasteiger partial charge in [0, 0.05) is 41.5 Å². The summed E-state index contributed by atoms with van der Waals surface area (Å²) in [6, 6.07) is 10.3. The lowest BCUT2D eigenvalue weighted by Crippen LogP contribution is -2.37. The fourth-order valence-electron chi connectivity index (χ4n) is 2.60. The Kier molecular flexibility index (Phi) is 6.95. The second-order valence-electron chi connectivity index (χ2n) is 6.07. The molecule has 0 fully saturated rings. The SMILES string of the molecule is CCc1cnc(CCNC(=NC)NCc2sc(-c3ccccc3)nc2C)s1. The summed E-state index contributed by atoms with van der Waals surface area (Å²) in [4.78, 5) is 16.0. The van der Waals surface area contributed by atoms with Crippen LogP contribution in [0.5, 0.6) is 0 Å². The molecule has 142 valence electrons. The summed E-state index contributed by atoms with van der Waals surface area (Å²) in [5.41, 5.74) is 2.23. The summed E-state index contributed by atoms with van der Waals surface area (Å²) in [6.45, 7) is 5.75. The van der Waals surface area contributed by atoms with Crippen molar-refractivity contribution in [1.29, 1.82) is 0 Å². The van der Waals surface area contributed by atoms with Crippen LogP contribution in [0, 0.1) is 6.92 Å². The number of aliphatic imine (C=N–C) groups is 1. The number of guanidine groups is 1. The highest BCUT2D eigenvalue weighted by atomic mass is 32.1. The van der Waals surface area contributed by atoms with Crippen LogP contribution in [0.25, 0.3) is 10.6 Å². The molecule has 0 spiro atoms. The molecule has 0 aliphatic heterocycles. The van der Waals surface area contributed by atoms with Gasteiger partial charge < -0.3 is 10.6 Å². The zero-order chi connectivity index (χ0) is 19.1. The number of nitrogens with one attached hydrogen (secondary N) is 2. The predicted molar refractivity (Wildman–Crippen MR) is 116 cm³/mol. The standard InChI is InChI=1S/C20H25N5S2/c1-4-16-12-23-18(26-16)10-11-22-20(21-3)24-13-17-14(2)25-19(27-17)15-8-6-5-7-9-15/h5-9,12H,4,10-11,13H2,1-3H3,(H2,21,22,24). The maximum Gasteiger partial charge on any atom is 0.191 e. The highest BCUT2D eigenvalue weighted by Gasteiger charge is 2.10. The maximum atomic E-state index is 4.71. The van der Waals surface area contributed by atoms with Crippen molar-refractivity contribution >= 4 is 28.6 Å². The molecule has 0 saturated heterocycles. The van der Waals surface area contributed by atoms with Gasteiger partial charge >= 0.3 is 0 Å². The average molecular weight is 400 g/mol. The van der Waals surface area contributed by atoms with E-state index in [1.807, 2.05) is 24.4 Å². The first-order valence-corrected chi connectivity index (χ1v) is 10.7. The smallest absolute Gasteiger partial charge is 0.191 e. The van der Waals surface area contributed by atoms with Crippen molar-refractivity contribution in [3.63, 3.8) is 0 Å². The number of thiazole rings is 2. The number of hydrogen-bond acceptors (Lipinski definition) is 5.